The van der Waals surface area contributed by atoms with Crippen LogP contribution in [0.4, 0.5) is 0 Å². The van der Waals surface area contributed by atoms with E-state index in [0.717, 1.165) is 52.1 Å². The molecule has 3 aromatic rings. The molecule has 3 heterocycles. The highest BCUT2D eigenvalue weighted by molar-refractivity contribution is 5.89. The van der Waals surface area contributed by atoms with Crippen LogP contribution in [0.2, 0.25) is 0 Å². The predicted molar refractivity (Wildman–Crippen MR) is 120 cm³/mol. The Morgan fingerprint density at radius 2 is 2.03 bits per heavy atom. The van der Waals surface area contributed by atoms with Crippen LogP contribution >= 0.6 is 0 Å². The number of aryl methyl sites for hydroxylation is 1. The number of amides is 1. The summed E-state index contributed by atoms with van der Waals surface area (Å²) in [6.45, 7) is 8.98. The third-order valence-electron chi connectivity index (χ3n) is 5.54. The summed E-state index contributed by atoms with van der Waals surface area (Å²) in [6, 6.07) is 10.4. The second kappa shape index (κ2) is 10.9. The quantitative estimate of drug-likeness (QED) is 0.538. The topological polar surface area (TPSA) is 100 Å². The molecule has 4 rings (SSSR count). The molecule has 0 aliphatic carbocycles. The van der Waals surface area contributed by atoms with E-state index in [-0.39, 0.29) is 17.6 Å². The molecule has 2 aromatic heterocycles. The zero-order valence-corrected chi connectivity index (χ0v) is 18.4. The number of nitrogens with one attached hydrogen (secondary N) is 1. The molecule has 9 heteroatoms. The maximum absolute atomic E-state index is 12.3. The predicted octanol–water partition coefficient (Wildman–Crippen LogP) is 2.16. The number of benzene rings is 1. The molecule has 1 fully saturated rings. The minimum Gasteiger partial charge on any atom is -0.348 e. The lowest BCUT2D eigenvalue weighted by molar-refractivity contribution is 0.0908. The van der Waals surface area contributed by atoms with E-state index >= 15 is 0 Å². The number of carbonyl (C=O) groups is 1. The normalized spacial score (nSPS) is 15.4. The van der Waals surface area contributed by atoms with Crippen molar-refractivity contribution >= 4 is 5.91 Å². The fourth-order valence-corrected chi connectivity index (χ4v) is 3.90. The van der Waals surface area contributed by atoms with Crippen molar-refractivity contribution in [3.05, 3.63) is 59.9 Å². The second-order valence-corrected chi connectivity index (χ2v) is 8.09. The monoisotopic (exact) mass is 435 g/mol. The van der Waals surface area contributed by atoms with Gasteiger partial charge in [-0.05, 0) is 51.0 Å². The maximum Gasteiger partial charge on any atom is 0.316 e. The average molecular weight is 436 g/mol. The lowest BCUT2D eigenvalue weighted by Crippen LogP contribution is -2.33. The number of aromatic nitrogens is 4. The zero-order valence-electron chi connectivity index (χ0n) is 18.4. The van der Waals surface area contributed by atoms with E-state index in [2.05, 4.69) is 66.4 Å². The van der Waals surface area contributed by atoms with Crippen molar-refractivity contribution in [1.82, 2.24) is 35.2 Å². The summed E-state index contributed by atoms with van der Waals surface area (Å²) < 4.78 is 5.06. The van der Waals surface area contributed by atoms with Crippen LogP contribution in [0.1, 0.15) is 34.7 Å². The molecular formula is C23H29N7O2. The Kier molecular flexibility index (Phi) is 7.52. The molecule has 1 aliphatic rings. The van der Waals surface area contributed by atoms with Crippen LogP contribution in [0, 0.1) is 6.92 Å². The van der Waals surface area contributed by atoms with Gasteiger partial charge < -0.3 is 14.7 Å². The first-order valence-electron chi connectivity index (χ1n) is 11.1. The summed E-state index contributed by atoms with van der Waals surface area (Å²) in [7, 11) is 0. The van der Waals surface area contributed by atoms with Gasteiger partial charge in [-0.25, -0.2) is 9.97 Å². The standard InChI is InChI=1S/C23H29N7O2/c1-18-5-2-6-19(15-18)16-30-12-4-11-29(13-14-30)10-3-8-25-22(31)23-27-21(28-32-23)20-7-9-24-17-26-20/h2,5-7,9,15,17H,3-4,8,10-14,16H2,1H3,(H,25,31). The van der Waals surface area contributed by atoms with E-state index in [1.165, 1.54) is 17.5 Å². The summed E-state index contributed by atoms with van der Waals surface area (Å²) in [4.78, 5) is 29.3. The molecule has 0 bridgehead atoms. The highest BCUT2D eigenvalue weighted by Gasteiger charge is 2.17. The maximum atomic E-state index is 12.3. The third-order valence-corrected chi connectivity index (χ3v) is 5.54. The zero-order chi connectivity index (χ0) is 22.2. The molecular weight excluding hydrogens is 406 g/mol. The van der Waals surface area contributed by atoms with Gasteiger partial charge in [-0.2, -0.15) is 4.98 Å². The van der Waals surface area contributed by atoms with Crippen molar-refractivity contribution in [2.24, 2.45) is 0 Å². The Hall–Kier alpha value is -3.17. The Balaban J connectivity index is 1.17. The Bertz CT molecular complexity index is 1010. The van der Waals surface area contributed by atoms with Gasteiger partial charge in [-0.3, -0.25) is 9.69 Å². The van der Waals surface area contributed by atoms with Crippen LogP contribution in [0.3, 0.4) is 0 Å². The molecule has 0 radical (unpaired) electrons. The minimum atomic E-state index is -0.363. The number of nitrogens with zero attached hydrogens (tertiary/aromatic N) is 6. The molecule has 1 aliphatic heterocycles. The van der Waals surface area contributed by atoms with Crippen molar-refractivity contribution in [3.63, 3.8) is 0 Å². The van der Waals surface area contributed by atoms with Gasteiger partial charge in [0.15, 0.2) is 0 Å². The van der Waals surface area contributed by atoms with Crippen LogP contribution < -0.4 is 5.32 Å². The lowest BCUT2D eigenvalue weighted by Gasteiger charge is -2.22. The molecule has 1 N–H and O–H groups in total. The van der Waals surface area contributed by atoms with Gasteiger partial charge in [0.05, 0.1) is 0 Å². The second-order valence-electron chi connectivity index (χ2n) is 8.09. The van der Waals surface area contributed by atoms with Crippen LogP contribution in [-0.4, -0.2) is 75.1 Å². The molecule has 0 unspecified atom stereocenters. The molecule has 9 nitrogen and oxygen atoms in total. The summed E-state index contributed by atoms with van der Waals surface area (Å²) in [5.41, 5.74) is 3.21. The van der Waals surface area contributed by atoms with Crippen LogP contribution in [0.25, 0.3) is 11.5 Å². The third kappa shape index (κ3) is 6.18. The molecule has 1 saturated heterocycles. The number of hydrogen-bond donors (Lipinski definition) is 1. The van der Waals surface area contributed by atoms with Crippen molar-refractivity contribution < 1.29 is 9.32 Å². The van der Waals surface area contributed by atoms with Gasteiger partial charge >= 0.3 is 11.8 Å². The van der Waals surface area contributed by atoms with Gasteiger partial charge in [0.1, 0.15) is 12.0 Å². The fraction of sp³-hybridized carbons (Fsp3) is 0.435. The van der Waals surface area contributed by atoms with E-state index in [9.17, 15) is 4.79 Å². The van der Waals surface area contributed by atoms with Crippen molar-refractivity contribution in [2.75, 3.05) is 39.3 Å². The van der Waals surface area contributed by atoms with Crippen LogP contribution in [-0.2, 0) is 6.54 Å². The molecule has 0 spiro atoms. The fourth-order valence-electron chi connectivity index (χ4n) is 3.90. The summed E-state index contributed by atoms with van der Waals surface area (Å²) in [6.07, 6.45) is 5.02. The van der Waals surface area contributed by atoms with Crippen molar-refractivity contribution in [2.45, 2.75) is 26.3 Å². The van der Waals surface area contributed by atoms with Gasteiger partial charge in [-0.15, -0.1) is 0 Å². The highest BCUT2D eigenvalue weighted by Crippen LogP contribution is 2.12. The first-order valence-corrected chi connectivity index (χ1v) is 11.1. The van der Waals surface area contributed by atoms with E-state index < -0.39 is 0 Å². The number of rotatable bonds is 8. The molecule has 0 saturated carbocycles. The van der Waals surface area contributed by atoms with E-state index in [1.807, 2.05) is 0 Å². The SMILES string of the molecule is Cc1cccc(CN2CCCN(CCCNC(=O)c3nc(-c4ccncn4)no3)CC2)c1. The summed E-state index contributed by atoms with van der Waals surface area (Å²) >= 11 is 0. The summed E-state index contributed by atoms with van der Waals surface area (Å²) in [5.74, 6) is -0.143. The minimum absolute atomic E-state index is 0.0554. The van der Waals surface area contributed by atoms with Crippen molar-refractivity contribution in [1.29, 1.82) is 0 Å². The van der Waals surface area contributed by atoms with E-state index in [1.54, 1.807) is 12.3 Å². The van der Waals surface area contributed by atoms with E-state index in [4.69, 9.17) is 4.52 Å². The summed E-state index contributed by atoms with van der Waals surface area (Å²) in [5, 5.41) is 6.67. The van der Waals surface area contributed by atoms with E-state index in [0.29, 0.717) is 12.2 Å². The highest BCUT2D eigenvalue weighted by atomic mass is 16.5. The molecule has 32 heavy (non-hydrogen) atoms. The average Bonchev–Trinajstić information content (AvgIpc) is 3.20. The Morgan fingerprint density at radius 1 is 1.16 bits per heavy atom. The van der Waals surface area contributed by atoms with Gasteiger partial charge in [0.25, 0.3) is 0 Å². The molecule has 168 valence electrons. The Labute approximate surface area is 187 Å². The number of hydrogen-bond acceptors (Lipinski definition) is 8. The molecule has 1 aromatic carbocycles. The van der Waals surface area contributed by atoms with Gasteiger partial charge in [-0.1, -0.05) is 35.0 Å². The Morgan fingerprint density at radius 3 is 2.88 bits per heavy atom. The van der Waals surface area contributed by atoms with Gasteiger partial charge in [0.2, 0.25) is 5.82 Å². The molecule has 0 atom stereocenters. The lowest BCUT2D eigenvalue weighted by atomic mass is 10.1. The van der Waals surface area contributed by atoms with Crippen LogP contribution in [0.5, 0.6) is 0 Å². The number of carbonyl (C=O) groups excluding carboxylic acids is 1. The first kappa shape index (κ1) is 22.0. The van der Waals surface area contributed by atoms with Crippen LogP contribution in [0.15, 0.2) is 47.4 Å². The first-order chi connectivity index (χ1) is 15.7. The van der Waals surface area contributed by atoms with Gasteiger partial charge in [0, 0.05) is 32.4 Å². The molecule has 1 amide bonds. The van der Waals surface area contributed by atoms with Crippen molar-refractivity contribution in [3.8, 4) is 11.5 Å². The smallest absolute Gasteiger partial charge is 0.316 e. The largest absolute Gasteiger partial charge is 0.348 e.